The van der Waals surface area contributed by atoms with E-state index in [2.05, 4.69) is 30.1 Å². The molecule has 2 aliphatic rings. The molecule has 1 aromatic heterocycles. The molecule has 0 aliphatic carbocycles. The summed E-state index contributed by atoms with van der Waals surface area (Å²) in [5.74, 6) is 1.63. The summed E-state index contributed by atoms with van der Waals surface area (Å²) < 4.78 is 0. The largest absolute Gasteiger partial charge is 0.391 e. The number of rotatable bonds is 5. The molecule has 10 heteroatoms. The fourth-order valence-corrected chi connectivity index (χ4v) is 3.39. The van der Waals surface area contributed by atoms with Crippen molar-refractivity contribution in [2.24, 2.45) is 4.99 Å². The number of likely N-dealkylation sites (tertiary alicyclic amines) is 1. The summed E-state index contributed by atoms with van der Waals surface area (Å²) in [5.41, 5.74) is 0. The Labute approximate surface area is 183 Å². The van der Waals surface area contributed by atoms with Crippen LogP contribution in [0.2, 0.25) is 0 Å². The van der Waals surface area contributed by atoms with Gasteiger partial charge in [-0.15, -0.1) is 24.0 Å². The van der Waals surface area contributed by atoms with Gasteiger partial charge in [0.25, 0.3) is 0 Å². The maximum Gasteiger partial charge on any atom is 0.225 e. The van der Waals surface area contributed by atoms with E-state index >= 15 is 0 Å². The van der Waals surface area contributed by atoms with Crippen molar-refractivity contribution >= 4 is 41.8 Å². The van der Waals surface area contributed by atoms with Gasteiger partial charge in [-0.2, -0.15) is 0 Å². The van der Waals surface area contributed by atoms with Crippen LogP contribution in [0.5, 0.6) is 0 Å². The Morgan fingerprint density at radius 1 is 1.21 bits per heavy atom. The SMILES string of the molecule is CCNC(=NCCC(=O)N1CCN(c2ncccn2)CC1)N1CC[C@@H](O)C1.I. The predicted molar refractivity (Wildman–Crippen MR) is 119 cm³/mol. The van der Waals surface area contributed by atoms with Gasteiger partial charge in [-0.1, -0.05) is 0 Å². The van der Waals surface area contributed by atoms with E-state index in [0.29, 0.717) is 32.6 Å². The minimum atomic E-state index is -0.291. The van der Waals surface area contributed by atoms with E-state index in [1.165, 1.54) is 0 Å². The summed E-state index contributed by atoms with van der Waals surface area (Å²) in [4.78, 5) is 31.6. The van der Waals surface area contributed by atoms with Crippen molar-refractivity contribution < 1.29 is 9.90 Å². The molecule has 1 aromatic rings. The Kier molecular flexibility index (Phi) is 9.16. The van der Waals surface area contributed by atoms with Gasteiger partial charge in [0.2, 0.25) is 11.9 Å². The van der Waals surface area contributed by atoms with Gasteiger partial charge in [-0.3, -0.25) is 9.79 Å². The molecule has 156 valence electrons. The topological polar surface area (TPSA) is 97.2 Å². The van der Waals surface area contributed by atoms with Crippen molar-refractivity contribution in [2.75, 3.05) is 57.3 Å². The lowest BCUT2D eigenvalue weighted by Gasteiger charge is -2.34. The zero-order valence-corrected chi connectivity index (χ0v) is 18.7. The maximum absolute atomic E-state index is 12.5. The molecule has 3 rings (SSSR count). The molecule has 0 unspecified atom stereocenters. The summed E-state index contributed by atoms with van der Waals surface area (Å²) in [6.45, 7) is 7.48. The van der Waals surface area contributed by atoms with Gasteiger partial charge in [0.05, 0.1) is 12.6 Å². The van der Waals surface area contributed by atoms with Crippen molar-refractivity contribution in [3.63, 3.8) is 0 Å². The Hall–Kier alpha value is -1.69. The second-order valence-electron chi connectivity index (χ2n) is 6.79. The number of guanidine groups is 1. The number of aliphatic hydroxyl groups is 1. The number of β-amino-alcohol motifs (C(OH)–C–C–N with tert-alkyl or cyclic N) is 1. The van der Waals surface area contributed by atoms with Gasteiger partial charge >= 0.3 is 0 Å². The minimum absolute atomic E-state index is 0. The summed E-state index contributed by atoms with van der Waals surface area (Å²) in [5, 5.41) is 12.9. The lowest BCUT2D eigenvalue weighted by molar-refractivity contribution is -0.131. The number of aliphatic imine (C=N–C) groups is 1. The van der Waals surface area contributed by atoms with Crippen molar-refractivity contribution in [1.82, 2.24) is 25.1 Å². The van der Waals surface area contributed by atoms with E-state index in [-0.39, 0.29) is 36.0 Å². The molecule has 0 saturated carbocycles. The number of aliphatic hydroxyl groups excluding tert-OH is 1. The van der Waals surface area contributed by atoms with Crippen molar-refractivity contribution in [3.8, 4) is 0 Å². The van der Waals surface area contributed by atoms with E-state index in [4.69, 9.17) is 0 Å². The second-order valence-corrected chi connectivity index (χ2v) is 6.79. The number of carbonyl (C=O) groups is 1. The number of hydrogen-bond donors (Lipinski definition) is 2. The summed E-state index contributed by atoms with van der Waals surface area (Å²) in [7, 11) is 0. The van der Waals surface area contributed by atoms with Crippen LogP contribution in [0, 0.1) is 0 Å². The fourth-order valence-electron chi connectivity index (χ4n) is 3.39. The van der Waals surface area contributed by atoms with E-state index < -0.39 is 0 Å². The first-order valence-corrected chi connectivity index (χ1v) is 9.68. The molecule has 3 heterocycles. The molecule has 1 atom stereocenters. The summed E-state index contributed by atoms with van der Waals surface area (Å²) in [6, 6.07) is 1.80. The normalized spacial score (nSPS) is 20.1. The number of nitrogens with zero attached hydrogens (tertiary/aromatic N) is 6. The van der Waals surface area contributed by atoms with Gasteiger partial charge in [0.1, 0.15) is 0 Å². The van der Waals surface area contributed by atoms with Crippen LogP contribution in [0.3, 0.4) is 0 Å². The van der Waals surface area contributed by atoms with Crippen molar-refractivity contribution in [3.05, 3.63) is 18.5 Å². The van der Waals surface area contributed by atoms with Crippen LogP contribution in [0.4, 0.5) is 5.95 Å². The highest BCUT2D eigenvalue weighted by atomic mass is 127. The highest BCUT2D eigenvalue weighted by Crippen LogP contribution is 2.11. The average molecular weight is 503 g/mol. The number of carbonyl (C=O) groups excluding carboxylic acids is 1. The van der Waals surface area contributed by atoms with Gasteiger partial charge in [-0.05, 0) is 19.4 Å². The maximum atomic E-state index is 12.5. The monoisotopic (exact) mass is 503 g/mol. The Bertz CT molecular complexity index is 638. The van der Waals surface area contributed by atoms with Crippen LogP contribution in [0.15, 0.2) is 23.5 Å². The number of aromatic nitrogens is 2. The predicted octanol–water partition coefficient (Wildman–Crippen LogP) is 0.165. The number of halogens is 1. The molecule has 0 spiro atoms. The molecule has 2 aliphatic heterocycles. The molecule has 28 heavy (non-hydrogen) atoms. The van der Waals surface area contributed by atoms with Crippen LogP contribution in [0.1, 0.15) is 19.8 Å². The Balaban J connectivity index is 0.00000280. The van der Waals surface area contributed by atoms with Gasteiger partial charge in [-0.25, -0.2) is 9.97 Å². The molecule has 0 bridgehead atoms. The number of hydrogen-bond acceptors (Lipinski definition) is 6. The molecule has 9 nitrogen and oxygen atoms in total. The first-order chi connectivity index (χ1) is 13.2. The fraction of sp³-hybridized carbons (Fsp3) is 0.667. The summed E-state index contributed by atoms with van der Waals surface area (Å²) >= 11 is 0. The zero-order valence-electron chi connectivity index (χ0n) is 16.3. The van der Waals surface area contributed by atoms with Gasteiger partial charge in [0.15, 0.2) is 5.96 Å². The molecule has 1 amide bonds. The van der Waals surface area contributed by atoms with Gasteiger partial charge < -0.3 is 25.1 Å². The van der Waals surface area contributed by atoms with E-state index in [1.807, 2.05) is 11.8 Å². The van der Waals surface area contributed by atoms with Crippen LogP contribution in [-0.2, 0) is 4.79 Å². The van der Waals surface area contributed by atoms with Crippen molar-refractivity contribution in [2.45, 2.75) is 25.9 Å². The molecular formula is C18H30IN7O2. The molecule has 2 saturated heterocycles. The quantitative estimate of drug-likeness (QED) is 0.336. The Morgan fingerprint density at radius 3 is 2.54 bits per heavy atom. The first-order valence-electron chi connectivity index (χ1n) is 9.68. The third-order valence-electron chi connectivity index (χ3n) is 4.85. The molecule has 0 radical (unpaired) electrons. The lowest BCUT2D eigenvalue weighted by Crippen LogP contribution is -2.49. The highest BCUT2D eigenvalue weighted by Gasteiger charge is 2.24. The average Bonchev–Trinajstić information content (AvgIpc) is 3.14. The number of amides is 1. The van der Waals surface area contributed by atoms with Gasteiger partial charge in [0, 0.05) is 64.6 Å². The van der Waals surface area contributed by atoms with Crippen LogP contribution < -0.4 is 10.2 Å². The third kappa shape index (κ3) is 6.16. The third-order valence-corrected chi connectivity index (χ3v) is 4.85. The lowest BCUT2D eigenvalue weighted by atomic mass is 10.3. The van der Waals surface area contributed by atoms with Crippen LogP contribution >= 0.6 is 24.0 Å². The number of piperazine rings is 1. The molecule has 2 fully saturated rings. The molecular weight excluding hydrogens is 473 g/mol. The highest BCUT2D eigenvalue weighted by molar-refractivity contribution is 14.0. The van der Waals surface area contributed by atoms with Crippen LogP contribution in [0.25, 0.3) is 0 Å². The number of nitrogens with one attached hydrogen (secondary N) is 1. The van der Waals surface area contributed by atoms with E-state index in [0.717, 1.165) is 44.5 Å². The molecule has 0 aromatic carbocycles. The second kappa shape index (κ2) is 11.3. The molecule has 2 N–H and O–H groups in total. The number of anilines is 1. The van der Waals surface area contributed by atoms with Crippen molar-refractivity contribution in [1.29, 1.82) is 0 Å². The smallest absolute Gasteiger partial charge is 0.225 e. The van der Waals surface area contributed by atoms with E-state index in [1.54, 1.807) is 18.5 Å². The standard InChI is InChI=1S/C18H29N7O2.HI/c1-2-19-17(25-9-5-15(26)14-25)22-8-4-16(27)23-10-12-24(13-11-23)18-20-6-3-7-21-18;/h3,6-7,15,26H,2,4-5,8-14H2,1H3,(H,19,22);1H/t15-;/m1./s1. The zero-order chi connectivity index (χ0) is 19.1. The minimum Gasteiger partial charge on any atom is -0.391 e. The first kappa shape index (κ1) is 22.6. The Morgan fingerprint density at radius 2 is 1.93 bits per heavy atom. The van der Waals surface area contributed by atoms with E-state index in [9.17, 15) is 9.90 Å². The van der Waals surface area contributed by atoms with Crippen LogP contribution in [-0.4, -0.2) is 95.2 Å². The summed E-state index contributed by atoms with van der Waals surface area (Å²) in [6.07, 6.45) is 4.34.